The van der Waals surface area contributed by atoms with E-state index < -0.39 is 5.72 Å². The Morgan fingerprint density at radius 2 is 1.35 bits per heavy atom. The Labute approximate surface area is 185 Å². The van der Waals surface area contributed by atoms with Crippen molar-refractivity contribution < 1.29 is 9.53 Å². The molecule has 0 bridgehead atoms. The highest BCUT2D eigenvalue weighted by atomic mass is 16.5. The standard InChI is InChI=1S/C28H31NO2/c1-28(27(30)26-15-9-4-10-16-26,31-22-25-13-7-3-8-14-25)29-19-17-24(18-20-29)21-23-11-5-2-6-12-23/h2-16,24H,17-22H2,1H3. The lowest BCUT2D eigenvalue weighted by molar-refractivity contribution is -0.130. The summed E-state index contributed by atoms with van der Waals surface area (Å²) in [4.78, 5) is 15.8. The highest BCUT2D eigenvalue weighted by Gasteiger charge is 2.42. The van der Waals surface area contributed by atoms with Crippen LogP contribution >= 0.6 is 0 Å². The fraction of sp³-hybridized carbons (Fsp3) is 0.321. The first-order valence-electron chi connectivity index (χ1n) is 11.2. The number of ether oxygens (including phenoxy) is 1. The molecular weight excluding hydrogens is 382 g/mol. The molecule has 0 saturated carbocycles. The normalized spacial score (nSPS) is 17.2. The van der Waals surface area contributed by atoms with Gasteiger partial charge in [-0.2, -0.15) is 0 Å². The van der Waals surface area contributed by atoms with Crippen LogP contribution in [0.2, 0.25) is 0 Å². The minimum absolute atomic E-state index is 0.0329. The molecule has 1 aliphatic heterocycles. The Morgan fingerprint density at radius 3 is 1.94 bits per heavy atom. The van der Waals surface area contributed by atoms with Crippen LogP contribution in [-0.4, -0.2) is 29.5 Å². The first kappa shape index (κ1) is 21.5. The number of likely N-dealkylation sites (tertiary alicyclic amines) is 1. The zero-order chi connectivity index (χ0) is 21.5. The summed E-state index contributed by atoms with van der Waals surface area (Å²) in [7, 11) is 0. The molecule has 0 N–H and O–H groups in total. The summed E-state index contributed by atoms with van der Waals surface area (Å²) in [6, 6.07) is 30.3. The summed E-state index contributed by atoms with van der Waals surface area (Å²) >= 11 is 0. The minimum atomic E-state index is -0.977. The maximum Gasteiger partial charge on any atom is 0.209 e. The van der Waals surface area contributed by atoms with Crippen molar-refractivity contribution in [3.05, 3.63) is 108 Å². The Hall–Kier alpha value is -2.75. The predicted molar refractivity (Wildman–Crippen MR) is 125 cm³/mol. The van der Waals surface area contributed by atoms with Gasteiger partial charge in [0.05, 0.1) is 6.61 Å². The van der Waals surface area contributed by atoms with E-state index in [1.54, 1.807) is 0 Å². The van der Waals surface area contributed by atoms with Crippen molar-refractivity contribution in [1.29, 1.82) is 0 Å². The molecule has 1 atom stereocenters. The van der Waals surface area contributed by atoms with Crippen molar-refractivity contribution in [2.24, 2.45) is 5.92 Å². The molecule has 0 amide bonds. The molecule has 3 nitrogen and oxygen atoms in total. The van der Waals surface area contributed by atoms with Gasteiger partial charge in [-0.3, -0.25) is 9.69 Å². The molecule has 1 saturated heterocycles. The molecule has 1 aliphatic rings. The van der Waals surface area contributed by atoms with E-state index in [1.807, 2.05) is 67.6 Å². The van der Waals surface area contributed by atoms with E-state index in [1.165, 1.54) is 5.56 Å². The van der Waals surface area contributed by atoms with E-state index in [4.69, 9.17) is 4.74 Å². The van der Waals surface area contributed by atoms with Crippen LogP contribution in [0.3, 0.4) is 0 Å². The Morgan fingerprint density at radius 1 is 0.839 bits per heavy atom. The highest BCUT2D eigenvalue weighted by molar-refractivity contribution is 6.01. The Balaban J connectivity index is 1.48. The smallest absolute Gasteiger partial charge is 0.209 e. The van der Waals surface area contributed by atoms with Gasteiger partial charge >= 0.3 is 0 Å². The van der Waals surface area contributed by atoms with Gasteiger partial charge in [0.2, 0.25) is 5.78 Å². The molecule has 0 aromatic heterocycles. The molecule has 0 radical (unpaired) electrons. The second kappa shape index (κ2) is 10.0. The maximum atomic E-state index is 13.6. The first-order chi connectivity index (χ1) is 15.1. The quantitative estimate of drug-likeness (QED) is 0.440. The molecule has 31 heavy (non-hydrogen) atoms. The lowest BCUT2D eigenvalue weighted by Crippen LogP contribution is -2.57. The Kier molecular flexibility index (Phi) is 6.96. The predicted octanol–water partition coefficient (Wildman–Crippen LogP) is 5.76. The fourth-order valence-corrected chi connectivity index (χ4v) is 4.47. The van der Waals surface area contributed by atoms with Gasteiger partial charge in [-0.15, -0.1) is 0 Å². The maximum absolute atomic E-state index is 13.6. The number of rotatable bonds is 8. The van der Waals surface area contributed by atoms with Gasteiger partial charge in [0.15, 0.2) is 5.72 Å². The van der Waals surface area contributed by atoms with Gasteiger partial charge in [0.1, 0.15) is 0 Å². The SMILES string of the molecule is CC(OCc1ccccc1)(C(=O)c1ccccc1)N1CCC(Cc2ccccc2)CC1. The van der Waals surface area contributed by atoms with Gasteiger partial charge in [0, 0.05) is 18.7 Å². The van der Waals surface area contributed by atoms with Crippen molar-refractivity contribution in [1.82, 2.24) is 4.90 Å². The monoisotopic (exact) mass is 413 g/mol. The van der Waals surface area contributed by atoms with Crippen LogP contribution in [0.25, 0.3) is 0 Å². The number of piperidine rings is 1. The van der Waals surface area contributed by atoms with Crippen molar-refractivity contribution in [2.45, 2.75) is 38.5 Å². The topological polar surface area (TPSA) is 29.5 Å². The second-order valence-corrected chi connectivity index (χ2v) is 8.57. The number of carbonyl (C=O) groups is 1. The van der Waals surface area contributed by atoms with E-state index in [2.05, 4.69) is 35.2 Å². The zero-order valence-corrected chi connectivity index (χ0v) is 18.2. The molecule has 4 rings (SSSR count). The van der Waals surface area contributed by atoms with Crippen LogP contribution < -0.4 is 0 Å². The van der Waals surface area contributed by atoms with E-state index in [-0.39, 0.29) is 5.78 Å². The van der Waals surface area contributed by atoms with Crippen LogP contribution in [0.1, 0.15) is 41.3 Å². The second-order valence-electron chi connectivity index (χ2n) is 8.57. The summed E-state index contributed by atoms with van der Waals surface area (Å²) in [5, 5.41) is 0. The van der Waals surface area contributed by atoms with Crippen LogP contribution in [0.15, 0.2) is 91.0 Å². The molecule has 0 spiro atoms. The van der Waals surface area contributed by atoms with Gasteiger partial charge in [-0.25, -0.2) is 0 Å². The summed E-state index contributed by atoms with van der Waals surface area (Å²) < 4.78 is 6.40. The van der Waals surface area contributed by atoms with E-state index >= 15 is 0 Å². The van der Waals surface area contributed by atoms with Crippen molar-refractivity contribution in [3.8, 4) is 0 Å². The summed E-state index contributed by atoms with van der Waals surface area (Å²) in [5.74, 6) is 0.675. The summed E-state index contributed by atoms with van der Waals surface area (Å²) in [5.41, 5.74) is 2.19. The zero-order valence-electron chi connectivity index (χ0n) is 18.2. The number of carbonyl (C=O) groups excluding carboxylic acids is 1. The lowest BCUT2D eigenvalue weighted by atomic mass is 9.88. The average Bonchev–Trinajstić information content (AvgIpc) is 2.84. The Bertz CT molecular complexity index is 950. The van der Waals surface area contributed by atoms with E-state index in [0.717, 1.165) is 37.9 Å². The molecule has 1 heterocycles. The molecule has 1 unspecified atom stereocenters. The third-order valence-electron chi connectivity index (χ3n) is 6.41. The molecular formula is C28H31NO2. The van der Waals surface area contributed by atoms with Crippen molar-refractivity contribution in [3.63, 3.8) is 0 Å². The van der Waals surface area contributed by atoms with Crippen molar-refractivity contribution >= 4 is 5.78 Å². The molecule has 160 valence electrons. The number of ketones is 1. The lowest BCUT2D eigenvalue weighted by Gasteiger charge is -2.43. The third kappa shape index (κ3) is 5.30. The van der Waals surface area contributed by atoms with Crippen LogP contribution in [0.4, 0.5) is 0 Å². The van der Waals surface area contributed by atoms with Gasteiger partial charge in [-0.05, 0) is 43.2 Å². The number of nitrogens with zero attached hydrogens (tertiary/aromatic N) is 1. The van der Waals surface area contributed by atoms with Crippen LogP contribution in [0, 0.1) is 5.92 Å². The largest absolute Gasteiger partial charge is 0.348 e. The van der Waals surface area contributed by atoms with Gasteiger partial charge in [0.25, 0.3) is 0 Å². The van der Waals surface area contributed by atoms with E-state index in [0.29, 0.717) is 18.1 Å². The third-order valence-corrected chi connectivity index (χ3v) is 6.41. The fourth-order valence-electron chi connectivity index (χ4n) is 4.47. The minimum Gasteiger partial charge on any atom is -0.348 e. The van der Waals surface area contributed by atoms with Crippen molar-refractivity contribution in [2.75, 3.05) is 13.1 Å². The number of hydrogen-bond acceptors (Lipinski definition) is 3. The van der Waals surface area contributed by atoms with Crippen LogP contribution in [0.5, 0.6) is 0 Å². The van der Waals surface area contributed by atoms with Crippen LogP contribution in [-0.2, 0) is 17.8 Å². The molecule has 3 aromatic carbocycles. The number of benzene rings is 3. The average molecular weight is 414 g/mol. The molecule has 0 aliphatic carbocycles. The highest BCUT2D eigenvalue weighted by Crippen LogP contribution is 2.30. The molecule has 3 heteroatoms. The summed E-state index contributed by atoms with van der Waals surface area (Å²) in [6.45, 7) is 4.09. The van der Waals surface area contributed by atoms with Gasteiger partial charge < -0.3 is 4.74 Å². The first-order valence-corrected chi connectivity index (χ1v) is 11.2. The van der Waals surface area contributed by atoms with Gasteiger partial charge in [-0.1, -0.05) is 91.0 Å². The molecule has 1 fully saturated rings. The number of hydrogen-bond donors (Lipinski definition) is 0. The van der Waals surface area contributed by atoms with E-state index in [9.17, 15) is 4.79 Å². The summed E-state index contributed by atoms with van der Waals surface area (Å²) in [6.07, 6.45) is 3.24. The number of Topliss-reactive ketones (excluding diaryl/α,β-unsaturated/α-hetero) is 1. The molecule has 3 aromatic rings.